The van der Waals surface area contributed by atoms with Crippen LogP contribution >= 0.6 is 0 Å². The normalized spacial score (nSPS) is 14.0. The Bertz CT molecular complexity index is 1600. The molecule has 194 valence electrons. The molecule has 7 heteroatoms. The van der Waals surface area contributed by atoms with Crippen molar-refractivity contribution in [1.29, 1.82) is 0 Å². The van der Waals surface area contributed by atoms with Crippen LogP contribution in [-0.4, -0.2) is 21.8 Å². The van der Waals surface area contributed by atoms with Gasteiger partial charge in [-0.25, -0.2) is 4.79 Å². The zero-order chi connectivity index (χ0) is 26.9. The molecule has 2 aromatic carbocycles. The molecule has 2 N–H and O–H groups in total. The number of rotatable bonds is 8. The number of fused-ring (bicyclic) bond motifs is 2. The van der Waals surface area contributed by atoms with Crippen LogP contribution in [0.3, 0.4) is 0 Å². The van der Waals surface area contributed by atoms with Crippen LogP contribution in [-0.2, 0) is 11.2 Å². The fourth-order valence-corrected chi connectivity index (χ4v) is 5.36. The van der Waals surface area contributed by atoms with Crippen molar-refractivity contribution in [3.05, 3.63) is 106 Å². The third-order valence-corrected chi connectivity index (χ3v) is 7.21. The summed E-state index contributed by atoms with van der Waals surface area (Å²) in [6, 6.07) is 22.4. The van der Waals surface area contributed by atoms with E-state index in [1.165, 1.54) is 0 Å². The Balaban J connectivity index is 1.55. The fraction of sp³-hybridized carbons (Fsp3) is 0.258. The highest BCUT2D eigenvalue weighted by atomic mass is 16.5. The molecule has 0 fully saturated rings. The Morgan fingerprint density at radius 1 is 1.03 bits per heavy atom. The molecular formula is C31H30N2O5. The molecule has 7 nitrogen and oxygen atoms in total. The van der Waals surface area contributed by atoms with Crippen molar-refractivity contribution in [3.8, 4) is 11.3 Å². The van der Waals surface area contributed by atoms with Gasteiger partial charge in [0, 0.05) is 28.1 Å². The zero-order valence-electron chi connectivity index (χ0n) is 21.6. The van der Waals surface area contributed by atoms with Crippen LogP contribution in [0, 0.1) is 12.8 Å². The van der Waals surface area contributed by atoms with Gasteiger partial charge in [0.15, 0.2) is 5.60 Å². The molecule has 38 heavy (non-hydrogen) atoms. The summed E-state index contributed by atoms with van der Waals surface area (Å²) in [5.74, 6) is -0.498. The van der Waals surface area contributed by atoms with Crippen molar-refractivity contribution in [1.82, 2.24) is 5.16 Å². The summed E-state index contributed by atoms with van der Waals surface area (Å²) in [4.78, 5) is 26.1. The van der Waals surface area contributed by atoms with Gasteiger partial charge in [0.2, 0.25) is 0 Å². The Labute approximate surface area is 220 Å². The lowest BCUT2D eigenvalue weighted by atomic mass is 9.72. The van der Waals surface area contributed by atoms with Crippen LogP contribution in [0.15, 0.2) is 92.8 Å². The van der Waals surface area contributed by atoms with E-state index >= 15 is 0 Å². The minimum Gasteiger partial charge on any atom is -0.464 e. The van der Waals surface area contributed by atoms with Crippen LogP contribution in [0.1, 0.15) is 43.0 Å². The van der Waals surface area contributed by atoms with Crippen molar-refractivity contribution in [2.45, 2.75) is 45.1 Å². The average molecular weight is 511 g/mol. The van der Waals surface area contributed by atoms with E-state index in [1.54, 1.807) is 31.4 Å². The minimum absolute atomic E-state index is 0.0878. The second-order valence-corrected chi connectivity index (χ2v) is 10.1. The number of carbonyl (C=O) groups is 1. The molecule has 1 aromatic heterocycles. The highest BCUT2D eigenvalue weighted by Gasteiger charge is 2.47. The molecule has 0 saturated heterocycles. The lowest BCUT2D eigenvalue weighted by Crippen LogP contribution is -2.50. The first kappa shape index (κ1) is 25.4. The van der Waals surface area contributed by atoms with E-state index < -0.39 is 23.1 Å². The van der Waals surface area contributed by atoms with Gasteiger partial charge in [-0.1, -0.05) is 61.5 Å². The van der Waals surface area contributed by atoms with E-state index in [-0.39, 0.29) is 12.3 Å². The van der Waals surface area contributed by atoms with Gasteiger partial charge >= 0.3 is 5.63 Å². The number of anilines is 1. The van der Waals surface area contributed by atoms with E-state index in [1.807, 2.05) is 68.4 Å². The molecule has 0 saturated carbocycles. The lowest BCUT2D eigenvalue weighted by Gasteiger charge is -2.38. The van der Waals surface area contributed by atoms with Gasteiger partial charge in [-0.2, -0.15) is 0 Å². The number of nitrogens with zero attached hydrogens (tertiary/aromatic N) is 1. The summed E-state index contributed by atoms with van der Waals surface area (Å²) in [5, 5.41) is 20.0. The van der Waals surface area contributed by atoms with Crippen molar-refractivity contribution in [2.24, 2.45) is 5.92 Å². The van der Waals surface area contributed by atoms with Crippen LogP contribution < -0.4 is 10.9 Å². The van der Waals surface area contributed by atoms with Gasteiger partial charge in [-0.3, -0.25) is 4.79 Å². The summed E-state index contributed by atoms with van der Waals surface area (Å²) in [5.41, 5.74) is 1.39. The van der Waals surface area contributed by atoms with Gasteiger partial charge in [-0.15, -0.1) is 0 Å². The third kappa shape index (κ3) is 4.73. The van der Waals surface area contributed by atoms with Crippen LogP contribution in [0.5, 0.6) is 0 Å². The third-order valence-electron chi connectivity index (χ3n) is 7.21. The highest BCUT2D eigenvalue weighted by Crippen LogP contribution is 2.44. The first-order valence-corrected chi connectivity index (χ1v) is 12.7. The fourth-order valence-electron chi connectivity index (χ4n) is 5.36. The second-order valence-electron chi connectivity index (χ2n) is 10.1. The Hall–Kier alpha value is -4.23. The van der Waals surface area contributed by atoms with E-state index in [9.17, 15) is 14.7 Å². The van der Waals surface area contributed by atoms with Crippen molar-refractivity contribution >= 4 is 22.4 Å². The van der Waals surface area contributed by atoms with Crippen molar-refractivity contribution < 1.29 is 18.8 Å². The monoisotopic (exact) mass is 510 g/mol. The molecule has 1 aliphatic carbocycles. The summed E-state index contributed by atoms with van der Waals surface area (Å²) >= 11 is 0. The number of aromatic nitrogens is 1. The Kier molecular flexibility index (Phi) is 6.87. The molecule has 1 aliphatic heterocycles. The molecule has 1 amide bonds. The van der Waals surface area contributed by atoms with Gasteiger partial charge < -0.3 is 19.4 Å². The average Bonchev–Trinajstić information content (AvgIpc) is 3.33. The maximum absolute atomic E-state index is 14.0. The highest BCUT2D eigenvalue weighted by molar-refractivity contribution is 6.00. The molecular weight excluding hydrogens is 480 g/mol. The quantitative estimate of drug-likeness (QED) is 0.268. The molecule has 2 heterocycles. The molecule has 0 bridgehead atoms. The van der Waals surface area contributed by atoms with E-state index in [0.29, 0.717) is 34.3 Å². The standard InChI is InChI=1S/C31H30N2O5/c1-19(2)27(25-13-11-22-10-7-17-37-28(22)25)31(36,16-15-21-8-5-4-6-9-21)30(35)32-23-12-14-24-26(18-23)20(3)33-38-29(24)34/h4-14,17-19,27,36H,15-16H2,1-3H3,(H,32,35). The SMILES string of the molecule is Cc1noc(=O)c2ccc(NC(=O)C(O)(CCc3ccccc3)C(c3ccc4cccoc3-4)C(C)C)cc12. The first-order chi connectivity index (χ1) is 18.3. The first-order valence-electron chi connectivity index (χ1n) is 12.7. The van der Waals surface area contributed by atoms with Gasteiger partial charge in [0.1, 0.15) is 5.76 Å². The number of nitrogens with one attached hydrogen (secondary N) is 1. The lowest BCUT2D eigenvalue weighted by molar-refractivity contribution is -0.139. The predicted octanol–water partition coefficient (Wildman–Crippen LogP) is 5.94. The van der Waals surface area contributed by atoms with Gasteiger partial charge in [0.25, 0.3) is 5.91 Å². The maximum atomic E-state index is 14.0. The smallest absolute Gasteiger partial charge is 0.366 e. The number of aliphatic hydroxyl groups is 1. The summed E-state index contributed by atoms with van der Waals surface area (Å²) in [7, 11) is 0. The number of amides is 1. The minimum atomic E-state index is -1.77. The number of benzene rings is 2. The Morgan fingerprint density at radius 3 is 2.58 bits per heavy atom. The van der Waals surface area contributed by atoms with Crippen LogP contribution in [0.4, 0.5) is 5.69 Å². The molecule has 5 rings (SSSR count). The molecule has 2 aliphatic rings. The molecule has 2 atom stereocenters. The zero-order valence-corrected chi connectivity index (χ0v) is 21.6. The topological polar surface area (TPSA) is 106 Å². The number of aryl methyl sites for hydroxylation is 2. The predicted molar refractivity (Wildman–Crippen MR) is 146 cm³/mol. The van der Waals surface area contributed by atoms with Crippen LogP contribution in [0.25, 0.3) is 22.1 Å². The number of carbonyl (C=O) groups excluding carboxylic acids is 1. The summed E-state index contributed by atoms with van der Waals surface area (Å²) in [6.07, 6.45) is 2.31. The molecule has 0 spiro atoms. The summed E-state index contributed by atoms with van der Waals surface area (Å²) < 4.78 is 10.7. The second kappa shape index (κ2) is 10.3. The van der Waals surface area contributed by atoms with Crippen molar-refractivity contribution in [3.63, 3.8) is 0 Å². The number of hydrogen-bond donors (Lipinski definition) is 2. The molecule has 3 aromatic rings. The maximum Gasteiger partial charge on any atom is 0.366 e. The largest absolute Gasteiger partial charge is 0.464 e. The summed E-state index contributed by atoms with van der Waals surface area (Å²) in [6.45, 7) is 5.72. The van der Waals surface area contributed by atoms with Crippen LogP contribution in [0.2, 0.25) is 0 Å². The van der Waals surface area contributed by atoms with Crippen molar-refractivity contribution in [2.75, 3.05) is 5.32 Å². The molecule has 0 radical (unpaired) electrons. The molecule has 2 unspecified atom stereocenters. The van der Waals surface area contributed by atoms with Gasteiger partial charge in [0.05, 0.1) is 17.3 Å². The van der Waals surface area contributed by atoms with E-state index in [4.69, 9.17) is 8.94 Å². The Morgan fingerprint density at radius 2 is 1.82 bits per heavy atom. The van der Waals surface area contributed by atoms with Gasteiger partial charge in [-0.05, 0) is 61.6 Å². The van der Waals surface area contributed by atoms with E-state index in [0.717, 1.165) is 16.7 Å². The van der Waals surface area contributed by atoms with E-state index in [2.05, 4.69) is 10.5 Å². The number of hydrogen-bond acceptors (Lipinski definition) is 6.